The van der Waals surface area contributed by atoms with Crippen LogP contribution in [0.25, 0.3) is 11.1 Å². The molecule has 0 amide bonds. The Balaban J connectivity index is 2.01. The van der Waals surface area contributed by atoms with Gasteiger partial charge in [-0.3, -0.25) is 0 Å². The number of aliphatic hydroxyl groups is 1. The van der Waals surface area contributed by atoms with Crippen LogP contribution in [0.4, 0.5) is 0 Å². The maximum atomic E-state index is 9.84. The van der Waals surface area contributed by atoms with Gasteiger partial charge in [0.05, 0.1) is 17.7 Å². The zero-order chi connectivity index (χ0) is 14.8. The number of aromatic nitrogens is 1. The second kappa shape index (κ2) is 5.60. The first-order valence-corrected chi connectivity index (χ1v) is 7.24. The van der Waals surface area contributed by atoms with E-state index in [2.05, 4.69) is 11.1 Å². The molecule has 1 atom stereocenters. The average molecular weight is 296 g/mol. The zero-order valence-corrected chi connectivity index (χ0v) is 12.1. The molecule has 4 nitrogen and oxygen atoms in total. The SMILES string of the molecule is C[C@H](O)c1ccc(C#N)cc1Sc1nc2ccccc2o1. The minimum absolute atomic E-state index is 0.494. The normalized spacial score (nSPS) is 12.2. The van der Waals surface area contributed by atoms with Gasteiger partial charge >= 0.3 is 0 Å². The summed E-state index contributed by atoms with van der Waals surface area (Å²) in [5.74, 6) is 0. The summed E-state index contributed by atoms with van der Waals surface area (Å²) >= 11 is 1.31. The first-order chi connectivity index (χ1) is 10.2. The number of hydrogen-bond acceptors (Lipinski definition) is 5. The van der Waals surface area contributed by atoms with Crippen molar-refractivity contribution < 1.29 is 9.52 Å². The molecule has 2 aromatic carbocycles. The Labute approximate surface area is 126 Å². The molecule has 1 aromatic heterocycles. The standard InChI is InChI=1S/C16H12N2O2S/c1-10(19)12-7-6-11(9-17)8-15(12)21-16-18-13-4-2-3-5-14(13)20-16/h2-8,10,19H,1H3/t10-/m0/s1. The lowest BCUT2D eigenvalue weighted by Gasteiger charge is -2.10. The molecule has 0 saturated heterocycles. The van der Waals surface area contributed by atoms with Crippen LogP contribution in [0, 0.1) is 11.3 Å². The fourth-order valence-electron chi connectivity index (χ4n) is 2.03. The summed E-state index contributed by atoms with van der Waals surface area (Å²) < 4.78 is 5.67. The number of benzene rings is 2. The fraction of sp³-hybridized carbons (Fsp3) is 0.125. The largest absolute Gasteiger partial charge is 0.431 e. The summed E-state index contributed by atoms with van der Waals surface area (Å²) in [6.45, 7) is 1.69. The molecule has 0 radical (unpaired) electrons. The molecular weight excluding hydrogens is 284 g/mol. The Hall–Kier alpha value is -2.29. The van der Waals surface area contributed by atoms with Crippen molar-refractivity contribution in [3.05, 3.63) is 53.6 Å². The molecule has 0 unspecified atom stereocenters. The average Bonchev–Trinajstić information content (AvgIpc) is 2.89. The van der Waals surface area contributed by atoms with E-state index in [1.54, 1.807) is 25.1 Å². The summed E-state index contributed by atoms with van der Waals surface area (Å²) in [5.41, 5.74) is 2.80. The van der Waals surface area contributed by atoms with Gasteiger partial charge in [-0.15, -0.1) is 0 Å². The molecule has 21 heavy (non-hydrogen) atoms. The van der Waals surface area contributed by atoms with Gasteiger partial charge in [-0.25, -0.2) is 4.98 Å². The smallest absolute Gasteiger partial charge is 0.261 e. The maximum Gasteiger partial charge on any atom is 0.261 e. The van der Waals surface area contributed by atoms with Crippen molar-refractivity contribution >= 4 is 22.9 Å². The van der Waals surface area contributed by atoms with E-state index in [4.69, 9.17) is 9.68 Å². The Bertz CT molecular complexity index is 801. The molecular formula is C16H12N2O2S. The van der Waals surface area contributed by atoms with Gasteiger partial charge in [-0.2, -0.15) is 5.26 Å². The third-order valence-corrected chi connectivity index (χ3v) is 3.99. The van der Waals surface area contributed by atoms with E-state index in [1.807, 2.05) is 24.3 Å². The molecule has 0 spiro atoms. The van der Waals surface area contributed by atoms with Gasteiger partial charge in [0.2, 0.25) is 0 Å². The first kappa shape index (κ1) is 13.7. The summed E-state index contributed by atoms with van der Waals surface area (Å²) in [6.07, 6.45) is -0.621. The highest BCUT2D eigenvalue weighted by molar-refractivity contribution is 7.99. The van der Waals surface area contributed by atoms with Crippen LogP contribution in [0.5, 0.6) is 0 Å². The second-order valence-electron chi connectivity index (χ2n) is 4.59. The molecule has 3 aromatic rings. The van der Waals surface area contributed by atoms with Gasteiger partial charge in [0.25, 0.3) is 5.22 Å². The number of nitrogens with zero attached hydrogens (tertiary/aromatic N) is 2. The summed E-state index contributed by atoms with van der Waals surface area (Å²) in [6, 6.07) is 14.8. The number of fused-ring (bicyclic) bond motifs is 1. The van der Waals surface area contributed by atoms with Crippen molar-refractivity contribution in [3.8, 4) is 6.07 Å². The highest BCUT2D eigenvalue weighted by atomic mass is 32.2. The van der Waals surface area contributed by atoms with Crippen molar-refractivity contribution in [2.24, 2.45) is 0 Å². The highest BCUT2D eigenvalue weighted by Gasteiger charge is 2.14. The molecule has 0 aliphatic heterocycles. The topological polar surface area (TPSA) is 70.0 Å². The molecule has 0 saturated carbocycles. The third kappa shape index (κ3) is 2.77. The number of oxazole rings is 1. The monoisotopic (exact) mass is 296 g/mol. The Morgan fingerprint density at radius 3 is 2.81 bits per heavy atom. The van der Waals surface area contributed by atoms with Gasteiger partial charge in [0.15, 0.2) is 5.58 Å². The van der Waals surface area contributed by atoms with Gasteiger partial charge in [0, 0.05) is 4.90 Å². The van der Waals surface area contributed by atoms with E-state index in [0.29, 0.717) is 10.8 Å². The predicted molar refractivity (Wildman–Crippen MR) is 79.9 cm³/mol. The van der Waals surface area contributed by atoms with Crippen LogP contribution in [0.3, 0.4) is 0 Å². The van der Waals surface area contributed by atoms with Crippen LogP contribution in [0.2, 0.25) is 0 Å². The lowest BCUT2D eigenvalue weighted by atomic mass is 10.1. The van der Waals surface area contributed by atoms with E-state index >= 15 is 0 Å². The molecule has 0 aliphatic rings. The van der Waals surface area contributed by atoms with E-state index in [-0.39, 0.29) is 0 Å². The predicted octanol–water partition coefficient (Wildman–Crippen LogP) is 3.90. The third-order valence-electron chi connectivity index (χ3n) is 3.06. The van der Waals surface area contributed by atoms with E-state index in [1.165, 1.54) is 11.8 Å². The number of rotatable bonds is 3. The van der Waals surface area contributed by atoms with Crippen LogP contribution in [-0.4, -0.2) is 10.1 Å². The number of hydrogen-bond donors (Lipinski definition) is 1. The fourth-order valence-corrected chi connectivity index (χ4v) is 3.03. The Morgan fingerprint density at radius 1 is 1.29 bits per heavy atom. The van der Waals surface area contributed by atoms with E-state index < -0.39 is 6.10 Å². The minimum Gasteiger partial charge on any atom is -0.431 e. The van der Waals surface area contributed by atoms with E-state index in [0.717, 1.165) is 21.6 Å². The lowest BCUT2D eigenvalue weighted by molar-refractivity contribution is 0.196. The van der Waals surface area contributed by atoms with Crippen LogP contribution in [0.15, 0.2) is 57.0 Å². The number of nitriles is 1. The Morgan fingerprint density at radius 2 is 2.10 bits per heavy atom. The van der Waals surface area contributed by atoms with E-state index in [9.17, 15) is 5.11 Å². The van der Waals surface area contributed by atoms with Gasteiger partial charge in [0.1, 0.15) is 5.52 Å². The van der Waals surface area contributed by atoms with Crippen molar-refractivity contribution in [2.45, 2.75) is 23.1 Å². The van der Waals surface area contributed by atoms with Crippen molar-refractivity contribution in [3.63, 3.8) is 0 Å². The van der Waals surface area contributed by atoms with Crippen LogP contribution >= 0.6 is 11.8 Å². The highest BCUT2D eigenvalue weighted by Crippen LogP contribution is 2.35. The van der Waals surface area contributed by atoms with Gasteiger partial charge < -0.3 is 9.52 Å². The first-order valence-electron chi connectivity index (χ1n) is 6.43. The van der Waals surface area contributed by atoms with Gasteiger partial charge in [-0.1, -0.05) is 18.2 Å². The summed E-state index contributed by atoms with van der Waals surface area (Å²) in [7, 11) is 0. The van der Waals surface area contributed by atoms with Crippen LogP contribution < -0.4 is 0 Å². The van der Waals surface area contributed by atoms with Gasteiger partial charge in [-0.05, 0) is 48.5 Å². The molecule has 1 N–H and O–H groups in total. The second-order valence-corrected chi connectivity index (χ2v) is 5.58. The minimum atomic E-state index is -0.621. The zero-order valence-electron chi connectivity index (χ0n) is 11.3. The summed E-state index contributed by atoms with van der Waals surface area (Å²) in [4.78, 5) is 5.17. The quantitative estimate of drug-likeness (QED) is 0.793. The molecule has 104 valence electrons. The molecule has 0 fully saturated rings. The van der Waals surface area contributed by atoms with Crippen LogP contribution in [-0.2, 0) is 0 Å². The molecule has 1 heterocycles. The maximum absolute atomic E-state index is 9.84. The Kier molecular flexibility index (Phi) is 3.65. The van der Waals surface area contributed by atoms with Crippen molar-refractivity contribution in [2.75, 3.05) is 0 Å². The number of aliphatic hydroxyl groups excluding tert-OH is 1. The molecule has 3 rings (SSSR count). The van der Waals surface area contributed by atoms with Crippen molar-refractivity contribution in [1.29, 1.82) is 5.26 Å². The summed E-state index contributed by atoms with van der Waals surface area (Å²) in [5, 5.41) is 19.3. The van der Waals surface area contributed by atoms with Crippen molar-refractivity contribution in [1.82, 2.24) is 4.98 Å². The number of para-hydroxylation sites is 2. The molecule has 0 bridgehead atoms. The molecule has 5 heteroatoms. The van der Waals surface area contributed by atoms with Crippen LogP contribution in [0.1, 0.15) is 24.2 Å². The lowest BCUT2D eigenvalue weighted by Crippen LogP contribution is -1.94. The molecule has 0 aliphatic carbocycles.